The number of carbonyl (C=O) groups is 1. The lowest BCUT2D eigenvalue weighted by molar-refractivity contribution is -0.115. The van der Waals surface area contributed by atoms with Crippen LogP contribution in [-0.2, 0) is 16.1 Å². The molecule has 2 rings (SSSR count). The lowest BCUT2D eigenvalue weighted by Gasteiger charge is -2.13. The SMILES string of the molecule is COCCCn1c(SC(C)C(=O)Nc2cc(Cl)ccc2Cl)n[nH]c1=O. The summed E-state index contributed by atoms with van der Waals surface area (Å²) in [6, 6.07) is 4.83. The summed E-state index contributed by atoms with van der Waals surface area (Å²) in [6.45, 7) is 2.71. The van der Waals surface area contributed by atoms with Gasteiger partial charge < -0.3 is 10.1 Å². The van der Waals surface area contributed by atoms with Crippen LogP contribution in [0.4, 0.5) is 5.69 Å². The third kappa shape index (κ3) is 5.50. The summed E-state index contributed by atoms with van der Waals surface area (Å²) in [5, 5.41) is 9.92. The minimum absolute atomic E-state index is 0.270. The second-order valence-electron chi connectivity index (χ2n) is 5.18. The molecule has 0 saturated heterocycles. The number of carbonyl (C=O) groups excluding carboxylic acids is 1. The first kappa shape index (κ1) is 19.8. The second kappa shape index (κ2) is 9.28. The van der Waals surface area contributed by atoms with E-state index in [1.807, 2.05) is 0 Å². The van der Waals surface area contributed by atoms with Crippen molar-refractivity contribution < 1.29 is 9.53 Å². The molecule has 0 saturated carbocycles. The van der Waals surface area contributed by atoms with Crippen LogP contribution in [0.3, 0.4) is 0 Å². The van der Waals surface area contributed by atoms with Crippen molar-refractivity contribution in [2.24, 2.45) is 0 Å². The molecule has 25 heavy (non-hydrogen) atoms. The van der Waals surface area contributed by atoms with Crippen molar-refractivity contribution in [2.45, 2.75) is 30.3 Å². The minimum atomic E-state index is -0.494. The monoisotopic (exact) mass is 404 g/mol. The van der Waals surface area contributed by atoms with E-state index >= 15 is 0 Å². The fourth-order valence-corrected chi connectivity index (χ4v) is 3.22. The van der Waals surface area contributed by atoms with E-state index in [1.54, 1.807) is 32.2 Å². The molecule has 0 radical (unpaired) electrons. The number of thioether (sulfide) groups is 1. The molecule has 0 aliphatic rings. The number of anilines is 1. The maximum absolute atomic E-state index is 12.4. The lowest BCUT2D eigenvalue weighted by Crippen LogP contribution is -2.24. The molecule has 0 spiro atoms. The molecule has 2 N–H and O–H groups in total. The molecule has 0 bridgehead atoms. The zero-order valence-corrected chi connectivity index (χ0v) is 16.0. The molecule has 10 heteroatoms. The molecular formula is C15H18Cl2N4O3S. The number of halogens is 2. The van der Waals surface area contributed by atoms with Gasteiger partial charge in [0.2, 0.25) is 5.91 Å². The van der Waals surface area contributed by atoms with E-state index in [1.165, 1.54) is 16.3 Å². The van der Waals surface area contributed by atoms with Crippen molar-refractivity contribution in [2.75, 3.05) is 19.0 Å². The van der Waals surface area contributed by atoms with Crippen molar-refractivity contribution in [3.8, 4) is 0 Å². The number of nitrogens with zero attached hydrogens (tertiary/aromatic N) is 2. The van der Waals surface area contributed by atoms with Crippen LogP contribution < -0.4 is 11.0 Å². The first-order valence-corrected chi connectivity index (χ1v) is 9.12. The van der Waals surface area contributed by atoms with Crippen molar-refractivity contribution >= 4 is 46.6 Å². The summed E-state index contributed by atoms with van der Waals surface area (Å²) < 4.78 is 6.47. The Morgan fingerprint density at radius 1 is 1.48 bits per heavy atom. The minimum Gasteiger partial charge on any atom is -0.385 e. The van der Waals surface area contributed by atoms with Crippen LogP contribution in [0.2, 0.25) is 10.0 Å². The Hall–Kier alpha value is -1.48. The number of rotatable bonds is 8. The summed E-state index contributed by atoms with van der Waals surface area (Å²) in [5.74, 6) is -0.270. The van der Waals surface area contributed by atoms with Gasteiger partial charge >= 0.3 is 5.69 Å². The molecule has 1 unspecified atom stereocenters. The van der Waals surface area contributed by atoms with Crippen LogP contribution in [0.5, 0.6) is 0 Å². The maximum atomic E-state index is 12.4. The summed E-state index contributed by atoms with van der Waals surface area (Å²) >= 11 is 13.1. The van der Waals surface area contributed by atoms with E-state index < -0.39 is 5.25 Å². The van der Waals surface area contributed by atoms with Gasteiger partial charge in [0.25, 0.3) is 0 Å². The molecule has 1 heterocycles. The number of ether oxygens (including phenoxy) is 1. The van der Waals surface area contributed by atoms with Gasteiger partial charge in [-0.05, 0) is 31.5 Å². The Balaban J connectivity index is 2.04. The highest BCUT2D eigenvalue weighted by atomic mass is 35.5. The third-order valence-corrected chi connectivity index (χ3v) is 4.95. The number of hydrogen-bond acceptors (Lipinski definition) is 5. The van der Waals surface area contributed by atoms with E-state index in [9.17, 15) is 9.59 Å². The molecular weight excluding hydrogens is 387 g/mol. The van der Waals surface area contributed by atoms with Gasteiger partial charge in [0.05, 0.1) is 16.0 Å². The number of nitrogens with one attached hydrogen (secondary N) is 2. The highest BCUT2D eigenvalue weighted by Crippen LogP contribution is 2.27. The molecule has 1 atom stereocenters. The molecule has 0 aliphatic heterocycles. The summed E-state index contributed by atoms with van der Waals surface area (Å²) in [4.78, 5) is 24.2. The second-order valence-corrected chi connectivity index (χ2v) is 7.33. The van der Waals surface area contributed by atoms with Crippen LogP contribution in [0, 0.1) is 0 Å². The van der Waals surface area contributed by atoms with Gasteiger partial charge in [-0.15, -0.1) is 5.10 Å². The number of H-pyrrole nitrogens is 1. The summed E-state index contributed by atoms with van der Waals surface area (Å²) in [7, 11) is 1.60. The first-order valence-electron chi connectivity index (χ1n) is 7.49. The Morgan fingerprint density at radius 2 is 2.24 bits per heavy atom. The summed E-state index contributed by atoms with van der Waals surface area (Å²) in [6.07, 6.45) is 0.669. The summed E-state index contributed by atoms with van der Waals surface area (Å²) in [5.41, 5.74) is 0.121. The smallest absolute Gasteiger partial charge is 0.343 e. The number of hydrogen-bond donors (Lipinski definition) is 2. The van der Waals surface area contributed by atoms with E-state index in [2.05, 4.69) is 15.5 Å². The van der Waals surface area contributed by atoms with Gasteiger partial charge in [0.1, 0.15) is 0 Å². The Bertz CT molecular complexity index is 793. The molecule has 2 aromatic rings. The van der Waals surface area contributed by atoms with Gasteiger partial charge in [-0.1, -0.05) is 35.0 Å². The van der Waals surface area contributed by atoms with Crippen LogP contribution in [0.15, 0.2) is 28.2 Å². The zero-order chi connectivity index (χ0) is 18.4. The zero-order valence-electron chi connectivity index (χ0n) is 13.7. The highest BCUT2D eigenvalue weighted by Gasteiger charge is 2.20. The standard InChI is InChI=1S/C15H18Cl2N4O3S/c1-9(13(22)18-12-8-10(16)4-5-11(12)17)25-15-20-19-14(23)21(15)6-3-7-24-2/h4-5,8-9H,3,6-7H2,1-2H3,(H,18,22)(H,19,23). The molecule has 1 aromatic heterocycles. The van der Waals surface area contributed by atoms with E-state index in [0.29, 0.717) is 40.5 Å². The number of aromatic amines is 1. The van der Waals surface area contributed by atoms with Crippen molar-refractivity contribution in [1.29, 1.82) is 0 Å². The quantitative estimate of drug-likeness (QED) is 0.521. The topological polar surface area (TPSA) is 89.0 Å². The maximum Gasteiger partial charge on any atom is 0.343 e. The third-order valence-electron chi connectivity index (χ3n) is 3.29. The number of amides is 1. The Labute approximate surface area is 159 Å². The van der Waals surface area contributed by atoms with E-state index in [4.69, 9.17) is 27.9 Å². The average Bonchev–Trinajstić information content (AvgIpc) is 2.91. The number of aromatic nitrogens is 3. The molecule has 7 nitrogen and oxygen atoms in total. The van der Waals surface area contributed by atoms with Crippen molar-refractivity contribution in [1.82, 2.24) is 14.8 Å². The normalized spacial score (nSPS) is 12.2. The van der Waals surface area contributed by atoms with Crippen LogP contribution >= 0.6 is 35.0 Å². The predicted molar refractivity (Wildman–Crippen MR) is 99.8 cm³/mol. The van der Waals surface area contributed by atoms with Gasteiger partial charge in [0, 0.05) is 25.3 Å². The fraction of sp³-hybridized carbons (Fsp3) is 0.400. The Kier molecular flexibility index (Phi) is 7.37. The molecule has 1 aromatic carbocycles. The van der Waals surface area contributed by atoms with Gasteiger partial charge in [0.15, 0.2) is 5.16 Å². The van der Waals surface area contributed by atoms with Gasteiger partial charge in [-0.3, -0.25) is 9.36 Å². The van der Waals surface area contributed by atoms with Crippen molar-refractivity contribution in [3.63, 3.8) is 0 Å². The fourth-order valence-electron chi connectivity index (χ4n) is 2.00. The highest BCUT2D eigenvalue weighted by molar-refractivity contribution is 8.00. The molecule has 0 fully saturated rings. The molecule has 1 amide bonds. The lowest BCUT2D eigenvalue weighted by atomic mass is 10.3. The molecule has 0 aliphatic carbocycles. The number of benzene rings is 1. The van der Waals surface area contributed by atoms with Crippen LogP contribution in [-0.4, -0.2) is 39.6 Å². The largest absolute Gasteiger partial charge is 0.385 e. The average molecular weight is 405 g/mol. The molecule has 136 valence electrons. The van der Waals surface area contributed by atoms with Crippen LogP contribution in [0.1, 0.15) is 13.3 Å². The van der Waals surface area contributed by atoms with Gasteiger partial charge in [-0.2, -0.15) is 0 Å². The van der Waals surface area contributed by atoms with E-state index in [0.717, 1.165) is 0 Å². The van der Waals surface area contributed by atoms with Crippen LogP contribution in [0.25, 0.3) is 0 Å². The first-order chi connectivity index (χ1) is 11.9. The Morgan fingerprint density at radius 3 is 2.96 bits per heavy atom. The predicted octanol–water partition coefficient (Wildman–Crippen LogP) is 3.03. The van der Waals surface area contributed by atoms with E-state index in [-0.39, 0.29) is 11.6 Å². The number of methoxy groups -OCH3 is 1. The van der Waals surface area contributed by atoms with Gasteiger partial charge in [-0.25, -0.2) is 9.89 Å². The van der Waals surface area contributed by atoms with Crippen molar-refractivity contribution in [3.05, 3.63) is 38.7 Å².